The number of hydrogen-bond acceptors (Lipinski definition) is 2. The monoisotopic (exact) mass is 224 g/mol. The third-order valence-electron chi connectivity index (χ3n) is 3.73. The second-order valence-corrected chi connectivity index (χ2v) is 5.38. The fourth-order valence-corrected chi connectivity index (χ4v) is 2.52. The Morgan fingerprint density at radius 1 is 1.31 bits per heavy atom. The Bertz CT molecular complexity index is 306. The van der Waals surface area contributed by atoms with Crippen molar-refractivity contribution >= 4 is 11.8 Å². The predicted molar refractivity (Wildman–Crippen MR) is 60.8 cm³/mol. The van der Waals surface area contributed by atoms with E-state index in [9.17, 15) is 9.59 Å². The molecular weight excluding hydrogens is 204 g/mol. The average Bonchev–Trinajstić information content (AvgIpc) is 2.81. The second-order valence-electron chi connectivity index (χ2n) is 5.38. The van der Waals surface area contributed by atoms with Crippen LogP contribution < -0.4 is 0 Å². The molecule has 2 heterocycles. The molecule has 0 atom stereocenters. The van der Waals surface area contributed by atoms with Crippen molar-refractivity contribution in [3.63, 3.8) is 0 Å². The molecule has 0 unspecified atom stereocenters. The molecule has 0 N–H and O–H groups in total. The van der Waals surface area contributed by atoms with Gasteiger partial charge in [0.25, 0.3) is 0 Å². The van der Waals surface area contributed by atoms with E-state index in [0.29, 0.717) is 6.42 Å². The first-order valence-electron chi connectivity index (χ1n) is 6.09. The highest BCUT2D eigenvalue weighted by Crippen LogP contribution is 2.29. The van der Waals surface area contributed by atoms with Gasteiger partial charge in [0.2, 0.25) is 11.8 Å². The van der Waals surface area contributed by atoms with Crippen molar-refractivity contribution in [2.75, 3.05) is 19.6 Å². The van der Waals surface area contributed by atoms with E-state index in [1.807, 2.05) is 18.7 Å². The number of likely N-dealkylation sites (tertiary alicyclic amines) is 2. The summed E-state index contributed by atoms with van der Waals surface area (Å²) in [7, 11) is 0. The Kier molecular flexibility index (Phi) is 2.91. The molecule has 2 saturated heterocycles. The van der Waals surface area contributed by atoms with Gasteiger partial charge in [-0.05, 0) is 33.1 Å². The van der Waals surface area contributed by atoms with Crippen LogP contribution in [0.5, 0.6) is 0 Å². The van der Waals surface area contributed by atoms with Crippen LogP contribution in [-0.4, -0.2) is 46.8 Å². The maximum absolute atomic E-state index is 12.0. The van der Waals surface area contributed by atoms with Crippen LogP contribution in [0.25, 0.3) is 0 Å². The molecule has 2 aliphatic rings. The van der Waals surface area contributed by atoms with Crippen molar-refractivity contribution < 1.29 is 9.59 Å². The topological polar surface area (TPSA) is 40.6 Å². The number of carbonyl (C=O) groups is 2. The van der Waals surface area contributed by atoms with Crippen LogP contribution in [0.1, 0.15) is 39.5 Å². The lowest BCUT2D eigenvalue weighted by atomic mass is 10.0. The van der Waals surface area contributed by atoms with E-state index in [-0.39, 0.29) is 23.9 Å². The minimum Gasteiger partial charge on any atom is -0.341 e. The molecule has 0 aromatic heterocycles. The maximum Gasteiger partial charge on any atom is 0.242 e. The van der Waals surface area contributed by atoms with Gasteiger partial charge in [-0.25, -0.2) is 0 Å². The first kappa shape index (κ1) is 11.4. The first-order valence-corrected chi connectivity index (χ1v) is 6.09. The predicted octanol–water partition coefficient (Wildman–Crippen LogP) is 1.01. The van der Waals surface area contributed by atoms with Crippen LogP contribution in [-0.2, 0) is 9.59 Å². The largest absolute Gasteiger partial charge is 0.341 e. The van der Waals surface area contributed by atoms with Gasteiger partial charge in [-0.15, -0.1) is 0 Å². The summed E-state index contributed by atoms with van der Waals surface area (Å²) in [6.07, 6.45) is 3.64. The van der Waals surface area contributed by atoms with E-state index in [1.54, 1.807) is 4.90 Å². The van der Waals surface area contributed by atoms with Gasteiger partial charge in [0, 0.05) is 25.0 Å². The van der Waals surface area contributed by atoms with Crippen molar-refractivity contribution in [2.45, 2.75) is 45.1 Å². The molecule has 4 heteroatoms. The molecule has 0 aromatic carbocycles. The van der Waals surface area contributed by atoms with Crippen molar-refractivity contribution in [1.82, 2.24) is 9.80 Å². The number of nitrogens with zero attached hydrogens (tertiary/aromatic N) is 2. The minimum atomic E-state index is -0.146. The van der Waals surface area contributed by atoms with Crippen LogP contribution in [0.3, 0.4) is 0 Å². The fourth-order valence-electron chi connectivity index (χ4n) is 2.52. The number of amides is 2. The summed E-state index contributed by atoms with van der Waals surface area (Å²) in [5.74, 6) is 0.235. The maximum atomic E-state index is 12.0. The zero-order valence-corrected chi connectivity index (χ0v) is 10.2. The van der Waals surface area contributed by atoms with E-state index in [2.05, 4.69) is 0 Å². The summed E-state index contributed by atoms with van der Waals surface area (Å²) in [4.78, 5) is 27.3. The van der Waals surface area contributed by atoms with E-state index >= 15 is 0 Å². The Balaban J connectivity index is 1.97. The van der Waals surface area contributed by atoms with E-state index < -0.39 is 0 Å². The summed E-state index contributed by atoms with van der Waals surface area (Å²) in [5, 5.41) is 0. The van der Waals surface area contributed by atoms with Crippen LogP contribution in [0.4, 0.5) is 0 Å². The van der Waals surface area contributed by atoms with Crippen molar-refractivity contribution in [3.8, 4) is 0 Å². The van der Waals surface area contributed by atoms with Gasteiger partial charge in [0.05, 0.1) is 0 Å². The Labute approximate surface area is 96.6 Å². The van der Waals surface area contributed by atoms with Crippen molar-refractivity contribution in [1.29, 1.82) is 0 Å². The zero-order valence-electron chi connectivity index (χ0n) is 10.2. The van der Waals surface area contributed by atoms with E-state index in [0.717, 1.165) is 32.4 Å². The lowest BCUT2D eigenvalue weighted by molar-refractivity contribution is -0.140. The van der Waals surface area contributed by atoms with Crippen LogP contribution in [0, 0.1) is 0 Å². The Morgan fingerprint density at radius 2 is 1.94 bits per heavy atom. The van der Waals surface area contributed by atoms with Gasteiger partial charge in [0.1, 0.15) is 6.54 Å². The molecule has 2 rings (SSSR count). The highest BCUT2D eigenvalue weighted by molar-refractivity contribution is 5.86. The normalized spacial score (nSPS) is 24.2. The summed E-state index contributed by atoms with van der Waals surface area (Å²) in [6.45, 7) is 6.07. The molecule has 4 nitrogen and oxygen atoms in total. The van der Waals surface area contributed by atoms with Gasteiger partial charge in [-0.2, -0.15) is 0 Å². The highest BCUT2D eigenvalue weighted by atomic mass is 16.2. The average molecular weight is 224 g/mol. The van der Waals surface area contributed by atoms with Gasteiger partial charge in [-0.1, -0.05) is 0 Å². The van der Waals surface area contributed by atoms with Gasteiger partial charge in [0.15, 0.2) is 0 Å². The zero-order chi connectivity index (χ0) is 11.8. The number of hydrogen-bond donors (Lipinski definition) is 0. The van der Waals surface area contributed by atoms with Gasteiger partial charge >= 0.3 is 0 Å². The third kappa shape index (κ3) is 2.06. The SMILES string of the molecule is CC1(C)CCC(=O)N1CC(=O)N1CCCC1. The van der Waals surface area contributed by atoms with Gasteiger partial charge < -0.3 is 9.80 Å². The molecule has 0 aromatic rings. The summed E-state index contributed by atoms with van der Waals surface area (Å²) in [5.41, 5.74) is -0.146. The molecule has 0 radical (unpaired) electrons. The molecule has 0 spiro atoms. The number of carbonyl (C=O) groups excluding carboxylic acids is 2. The summed E-state index contributed by atoms with van der Waals surface area (Å²) in [6, 6.07) is 0. The quantitative estimate of drug-likeness (QED) is 0.702. The van der Waals surface area contributed by atoms with E-state index in [1.165, 1.54) is 0 Å². The lowest BCUT2D eigenvalue weighted by Crippen LogP contribution is -2.47. The third-order valence-corrected chi connectivity index (χ3v) is 3.73. The van der Waals surface area contributed by atoms with Crippen LogP contribution in [0.2, 0.25) is 0 Å². The standard InChI is InChI=1S/C12H20N2O2/c1-12(2)6-5-10(15)14(12)9-11(16)13-7-3-4-8-13/h3-9H2,1-2H3. The van der Waals surface area contributed by atoms with Crippen molar-refractivity contribution in [2.24, 2.45) is 0 Å². The second kappa shape index (κ2) is 4.07. The Morgan fingerprint density at radius 3 is 2.44 bits per heavy atom. The summed E-state index contributed by atoms with van der Waals surface area (Å²) >= 11 is 0. The minimum absolute atomic E-state index is 0.112. The molecule has 16 heavy (non-hydrogen) atoms. The Hall–Kier alpha value is -1.06. The molecule has 0 aliphatic carbocycles. The molecule has 2 aliphatic heterocycles. The van der Waals surface area contributed by atoms with Crippen LogP contribution in [0.15, 0.2) is 0 Å². The molecule has 0 saturated carbocycles. The first-order chi connectivity index (χ1) is 7.50. The molecule has 90 valence electrons. The van der Waals surface area contributed by atoms with E-state index in [4.69, 9.17) is 0 Å². The summed E-state index contributed by atoms with van der Waals surface area (Å²) < 4.78 is 0. The smallest absolute Gasteiger partial charge is 0.242 e. The van der Waals surface area contributed by atoms with Crippen LogP contribution >= 0.6 is 0 Å². The molecule has 0 bridgehead atoms. The van der Waals surface area contributed by atoms with Gasteiger partial charge in [-0.3, -0.25) is 9.59 Å². The molecule has 2 amide bonds. The highest BCUT2D eigenvalue weighted by Gasteiger charge is 2.39. The molecular formula is C12H20N2O2. The number of rotatable bonds is 2. The van der Waals surface area contributed by atoms with Crippen molar-refractivity contribution in [3.05, 3.63) is 0 Å². The fraction of sp³-hybridized carbons (Fsp3) is 0.833. The lowest BCUT2D eigenvalue weighted by Gasteiger charge is -2.32. The molecule has 2 fully saturated rings.